The van der Waals surface area contributed by atoms with Gasteiger partial charge in [-0.2, -0.15) is 0 Å². The first kappa shape index (κ1) is 15.4. The summed E-state index contributed by atoms with van der Waals surface area (Å²) in [5.74, 6) is -5.42. The van der Waals surface area contributed by atoms with E-state index in [1.54, 1.807) is 4.90 Å². The number of halogens is 2. The lowest BCUT2D eigenvalue weighted by Crippen LogP contribution is -2.50. The molecule has 6 nitrogen and oxygen atoms in total. The molecule has 3 rings (SSSR count). The number of carbonyl (C=O) groups is 3. The maximum Gasteiger partial charge on any atom is 0.310 e. The van der Waals surface area contributed by atoms with Gasteiger partial charge < -0.3 is 10.0 Å². The number of carbonyl (C=O) groups excluding carboxylic acids is 2. The number of nitrogens with one attached hydrogen (secondary N) is 1. The van der Waals surface area contributed by atoms with Gasteiger partial charge in [0.25, 0.3) is 0 Å². The van der Waals surface area contributed by atoms with Crippen LogP contribution in [-0.4, -0.2) is 36.0 Å². The Labute approximate surface area is 130 Å². The first-order chi connectivity index (χ1) is 10.9. The number of benzene rings is 1. The number of hydrogen-bond donors (Lipinski definition) is 2. The third kappa shape index (κ3) is 2.76. The van der Waals surface area contributed by atoms with Crippen LogP contribution in [-0.2, 0) is 14.4 Å². The number of piperidine rings is 1. The quantitative estimate of drug-likeness (QED) is 0.810. The molecule has 122 valence electrons. The number of aliphatic carboxylic acids is 1. The second-order valence-corrected chi connectivity index (χ2v) is 5.77. The smallest absolute Gasteiger partial charge is 0.310 e. The van der Waals surface area contributed by atoms with E-state index in [-0.39, 0.29) is 37.2 Å². The molecule has 0 spiro atoms. The normalized spacial score (nSPS) is 21.8. The van der Waals surface area contributed by atoms with Crippen LogP contribution < -0.4 is 10.2 Å². The van der Waals surface area contributed by atoms with E-state index in [9.17, 15) is 23.2 Å². The maximum atomic E-state index is 14.3. The van der Waals surface area contributed by atoms with E-state index >= 15 is 0 Å². The van der Waals surface area contributed by atoms with E-state index < -0.39 is 41.3 Å². The van der Waals surface area contributed by atoms with Crippen molar-refractivity contribution < 1.29 is 28.3 Å². The number of amides is 2. The largest absolute Gasteiger partial charge is 0.481 e. The Hall–Kier alpha value is -2.51. The summed E-state index contributed by atoms with van der Waals surface area (Å²) in [5.41, 5.74) is -0.109. The SMILES string of the molecule is O=C1CC[C@H](c2c(F)cc(N3CC(C(=O)O)C3)cc2F)C(=O)N1. The molecule has 0 saturated carbocycles. The van der Waals surface area contributed by atoms with Crippen molar-refractivity contribution >= 4 is 23.5 Å². The van der Waals surface area contributed by atoms with Gasteiger partial charge in [0.2, 0.25) is 11.8 Å². The van der Waals surface area contributed by atoms with E-state index in [0.717, 1.165) is 12.1 Å². The van der Waals surface area contributed by atoms with Gasteiger partial charge >= 0.3 is 5.97 Å². The molecular formula is C15H14F2N2O4. The number of anilines is 1. The molecule has 0 aliphatic carbocycles. The van der Waals surface area contributed by atoms with Crippen molar-refractivity contribution in [1.29, 1.82) is 0 Å². The monoisotopic (exact) mass is 324 g/mol. The molecule has 8 heteroatoms. The topological polar surface area (TPSA) is 86.7 Å². The molecule has 0 unspecified atom stereocenters. The summed E-state index contributed by atoms with van der Waals surface area (Å²) in [6, 6.07) is 2.19. The molecule has 2 aliphatic heterocycles. The summed E-state index contributed by atoms with van der Waals surface area (Å²) in [7, 11) is 0. The van der Waals surface area contributed by atoms with Crippen LogP contribution in [0.3, 0.4) is 0 Å². The third-order valence-electron chi connectivity index (χ3n) is 4.25. The molecule has 1 aromatic carbocycles. The van der Waals surface area contributed by atoms with Gasteiger partial charge in [-0.15, -0.1) is 0 Å². The number of carboxylic acid groups (broad SMARTS) is 1. The van der Waals surface area contributed by atoms with Crippen molar-refractivity contribution in [3.8, 4) is 0 Å². The fourth-order valence-corrected chi connectivity index (χ4v) is 2.90. The average molecular weight is 324 g/mol. The summed E-state index contributed by atoms with van der Waals surface area (Å²) in [6.45, 7) is 0.373. The van der Waals surface area contributed by atoms with Gasteiger partial charge in [-0.1, -0.05) is 0 Å². The predicted molar refractivity (Wildman–Crippen MR) is 74.8 cm³/mol. The molecule has 2 fully saturated rings. The molecule has 23 heavy (non-hydrogen) atoms. The lowest BCUT2D eigenvalue weighted by Gasteiger charge is -2.38. The third-order valence-corrected chi connectivity index (χ3v) is 4.25. The molecule has 2 aliphatic rings. The van der Waals surface area contributed by atoms with Crippen LogP contribution in [0.4, 0.5) is 14.5 Å². The van der Waals surface area contributed by atoms with Crippen LogP contribution in [0.1, 0.15) is 24.3 Å². The highest BCUT2D eigenvalue weighted by Crippen LogP contribution is 2.34. The van der Waals surface area contributed by atoms with Gasteiger partial charge in [-0.05, 0) is 18.6 Å². The Kier molecular flexibility index (Phi) is 3.75. The second-order valence-electron chi connectivity index (χ2n) is 5.77. The van der Waals surface area contributed by atoms with Crippen LogP contribution in [0.25, 0.3) is 0 Å². The first-order valence-corrected chi connectivity index (χ1v) is 7.17. The maximum absolute atomic E-state index is 14.3. The number of nitrogens with zero attached hydrogens (tertiary/aromatic N) is 1. The Morgan fingerprint density at radius 3 is 2.35 bits per heavy atom. The highest BCUT2D eigenvalue weighted by Gasteiger charge is 2.36. The second kappa shape index (κ2) is 5.60. The number of carboxylic acids is 1. The highest BCUT2D eigenvalue weighted by molar-refractivity contribution is 6.01. The fraction of sp³-hybridized carbons (Fsp3) is 0.400. The highest BCUT2D eigenvalue weighted by atomic mass is 19.1. The zero-order valence-electron chi connectivity index (χ0n) is 12.0. The van der Waals surface area contributed by atoms with Crippen LogP contribution in [0.15, 0.2) is 12.1 Å². The Morgan fingerprint density at radius 2 is 1.83 bits per heavy atom. The summed E-state index contributed by atoms with van der Waals surface area (Å²) in [4.78, 5) is 35.2. The van der Waals surface area contributed by atoms with E-state index in [1.165, 1.54) is 0 Å². The zero-order valence-corrected chi connectivity index (χ0v) is 12.0. The van der Waals surface area contributed by atoms with Crippen molar-refractivity contribution in [2.75, 3.05) is 18.0 Å². The van der Waals surface area contributed by atoms with E-state index in [2.05, 4.69) is 5.32 Å². The Morgan fingerprint density at radius 1 is 1.22 bits per heavy atom. The number of imide groups is 1. The van der Waals surface area contributed by atoms with Crippen LogP contribution >= 0.6 is 0 Å². The summed E-state index contributed by atoms with van der Waals surface area (Å²) in [5, 5.41) is 10.9. The molecule has 0 bridgehead atoms. The van der Waals surface area contributed by atoms with Crippen LogP contribution in [0.5, 0.6) is 0 Å². The lowest BCUT2D eigenvalue weighted by atomic mass is 9.89. The van der Waals surface area contributed by atoms with Gasteiger partial charge in [-0.3, -0.25) is 19.7 Å². The zero-order chi connectivity index (χ0) is 16.7. The van der Waals surface area contributed by atoms with Crippen molar-refractivity contribution in [3.05, 3.63) is 29.3 Å². The van der Waals surface area contributed by atoms with Crippen molar-refractivity contribution in [2.45, 2.75) is 18.8 Å². The molecule has 2 heterocycles. The van der Waals surface area contributed by atoms with Gasteiger partial charge in [0, 0.05) is 30.8 Å². The molecule has 0 radical (unpaired) electrons. The Balaban J connectivity index is 1.83. The number of hydrogen-bond acceptors (Lipinski definition) is 4. The van der Waals surface area contributed by atoms with Crippen molar-refractivity contribution in [2.24, 2.45) is 5.92 Å². The molecular weight excluding hydrogens is 310 g/mol. The molecule has 1 aromatic rings. The van der Waals surface area contributed by atoms with Crippen molar-refractivity contribution in [3.63, 3.8) is 0 Å². The average Bonchev–Trinajstić information content (AvgIpc) is 2.38. The summed E-state index contributed by atoms with van der Waals surface area (Å²) in [6.07, 6.45) is 0.0894. The van der Waals surface area contributed by atoms with Gasteiger partial charge in [0.15, 0.2) is 0 Å². The molecule has 0 aromatic heterocycles. The van der Waals surface area contributed by atoms with Crippen molar-refractivity contribution in [1.82, 2.24) is 5.32 Å². The standard InChI is InChI=1S/C15H14F2N2O4/c16-10-3-8(19-5-7(6-19)15(22)23)4-11(17)13(10)9-1-2-12(20)18-14(9)21/h3-4,7,9H,1-2,5-6H2,(H,22,23)(H,18,20,21)/t9-/m1/s1. The van der Waals surface area contributed by atoms with Crippen LogP contribution in [0, 0.1) is 17.6 Å². The predicted octanol–water partition coefficient (Wildman–Crippen LogP) is 1.01. The lowest BCUT2D eigenvalue weighted by molar-refractivity contribution is -0.142. The van der Waals surface area contributed by atoms with E-state index in [0.29, 0.717) is 0 Å². The molecule has 2 N–H and O–H groups in total. The van der Waals surface area contributed by atoms with Crippen LogP contribution in [0.2, 0.25) is 0 Å². The minimum Gasteiger partial charge on any atom is -0.481 e. The Bertz CT molecular complexity index is 678. The van der Waals surface area contributed by atoms with Gasteiger partial charge in [0.05, 0.1) is 11.8 Å². The van der Waals surface area contributed by atoms with E-state index in [1.807, 2.05) is 0 Å². The fourth-order valence-electron chi connectivity index (χ4n) is 2.90. The first-order valence-electron chi connectivity index (χ1n) is 7.17. The minimum atomic E-state index is -1.04. The van der Waals surface area contributed by atoms with Gasteiger partial charge in [0.1, 0.15) is 11.6 Å². The molecule has 1 atom stereocenters. The number of rotatable bonds is 3. The summed E-state index contributed by atoms with van der Waals surface area (Å²) >= 11 is 0. The molecule has 2 saturated heterocycles. The van der Waals surface area contributed by atoms with E-state index in [4.69, 9.17) is 5.11 Å². The minimum absolute atomic E-state index is 0.0312. The molecule has 2 amide bonds. The van der Waals surface area contributed by atoms with Gasteiger partial charge in [-0.25, -0.2) is 8.78 Å². The summed E-state index contributed by atoms with van der Waals surface area (Å²) < 4.78 is 28.6.